The van der Waals surface area contributed by atoms with Gasteiger partial charge in [-0.3, -0.25) is 9.59 Å². The van der Waals surface area contributed by atoms with Gasteiger partial charge in [0.05, 0.1) is 13.4 Å². The molecule has 6 nitrogen and oxygen atoms in total. The first-order valence-corrected chi connectivity index (χ1v) is 11.1. The quantitative estimate of drug-likeness (QED) is 0.532. The summed E-state index contributed by atoms with van der Waals surface area (Å²) >= 11 is 0. The van der Waals surface area contributed by atoms with Gasteiger partial charge < -0.3 is 19.4 Å². The van der Waals surface area contributed by atoms with E-state index in [4.69, 9.17) is 9.15 Å². The Morgan fingerprint density at radius 1 is 1.12 bits per heavy atom. The monoisotopic (exact) mass is 450 g/mol. The third-order valence-corrected chi connectivity index (χ3v) is 5.94. The molecule has 0 radical (unpaired) electrons. The molecule has 2 amide bonds. The van der Waals surface area contributed by atoms with Crippen molar-refractivity contribution < 1.29 is 23.1 Å². The fourth-order valence-corrected chi connectivity index (χ4v) is 4.29. The number of nitrogens with one attached hydrogen (secondary N) is 1. The average Bonchev–Trinajstić information content (AvgIpc) is 3.54. The van der Waals surface area contributed by atoms with Crippen LogP contribution in [-0.2, 0) is 11.3 Å². The number of carbonyl (C=O) groups is 2. The summed E-state index contributed by atoms with van der Waals surface area (Å²) in [4.78, 5) is 28.4. The van der Waals surface area contributed by atoms with Gasteiger partial charge in [0, 0.05) is 18.2 Å². The minimum Gasteiger partial charge on any atom is -0.497 e. The molecule has 1 N–H and O–H groups in total. The number of carbonyl (C=O) groups excluding carboxylic acids is 2. The van der Waals surface area contributed by atoms with Crippen LogP contribution in [0.1, 0.15) is 53.4 Å². The largest absolute Gasteiger partial charge is 0.497 e. The van der Waals surface area contributed by atoms with Crippen LogP contribution in [0.3, 0.4) is 0 Å². The first-order chi connectivity index (χ1) is 16.1. The van der Waals surface area contributed by atoms with Gasteiger partial charge in [0.15, 0.2) is 5.76 Å². The minimum atomic E-state index is -1.17. The van der Waals surface area contributed by atoms with Crippen molar-refractivity contribution in [1.82, 2.24) is 10.2 Å². The maximum Gasteiger partial charge on any atom is 0.290 e. The van der Waals surface area contributed by atoms with Gasteiger partial charge in [-0.2, -0.15) is 0 Å². The van der Waals surface area contributed by atoms with Crippen LogP contribution >= 0.6 is 0 Å². The van der Waals surface area contributed by atoms with E-state index in [1.54, 1.807) is 49.6 Å². The van der Waals surface area contributed by atoms with Gasteiger partial charge in [-0.25, -0.2) is 4.39 Å². The van der Waals surface area contributed by atoms with E-state index >= 15 is 0 Å². The Morgan fingerprint density at radius 2 is 1.91 bits per heavy atom. The fraction of sp³-hybridized carbons (Fsp3) is 0.308. The summed E-state index contributed by atoms with van der Waals surface area (Å²) in [5.41, 5.74) is 0.875. The van der Waals surface area contributed by atoms with E-state index < -0.39 is 23.7 Å². The Balaban J connectivity index is 1.76. The molecule has 1 atom stereocenters. The molecule has 2 aromatic carbocycles. The number of hydrogen-bond donors (Lipinski definition) is 1. The van der Waals surface area contributed by atoms with Crippen LogP contribution in [0.15, 0.2) is 71.3 Å². The van der Waals surface area contributed by atoms with E-state index in [1.807, 2.05) is 6.07 Å². The van der Waals surface area contributed by atoms with Crippen LogP contribution < -0.4 is 10.1 Å². The molecule has 1 heterocycles. The first kappa shape index (κ1) is 22.6. The second-order valence-electron chi connectivity index (χ2n) is 8.18. The highest BCUT2D eigenvalue weighted by Gasteiger charge is 2.36. The lowest BCUT2D eigenvalue weighted by Gasteiger charge is -2.32. The van der Waals surface area contributed by atoms with Crippen molar-refractivity contribution >= 4 is 11.8 Å². The van der Waals surface area contributed by atoms with Crippen molar-refractivity contribution in [3.63, 3.8) is 0 Å². The highest BCUT2D eigenvalue weighted by molar-refractivity contribution is 5.96. The van der Waals surface area contributed by atoms with Crippen LogP contribution in [0, 0.1) is 5.82 Å². The van der Waals surface area contributed by atoms with Gasteiger partial charge in [-0.1, -0.05) is 43.2 Å². The third kappa shape index (κ3) is 5.25. The lowest BCUT2D eigenvalue weighted by molar-refractivity contribution is -0.127. The molecule has 1 aromatic heterocycles. The van der Waals surface area contributed by atoms with E-state index in [-0.39, 0.29) is 23.9 Å². The van der Waals surface area contributed by atoms with E-state index in [2.05, 4.69) is 5.32 Å². The summed E-state index contributed by atoms with van der Waals surface area (Å²) in [6.07, 6.45) is 5.21. The molecule has 7 heteroatoms. The second kappa shape index (κ2) is 10.3. The van der Waals surface area contributed by atoms with Crippen LogP contribution in [0.25, 0.3) is 0 Å². The maximum absolute atomic E-state index is 15.0. The molecule has 4 rings (SSSR count). The van der Waals surface area contributed by atoms with Gasteiger partial charge in [0.2, 0.25) is 5.91 Å². The number of furan rings is 1. The van der Waals surface area contributed by atoms with Gasteiger partial charge in [0.1, 0.15) is 17.6 Å². The molecular formula is C26H27FN2O4. The Labute approximate surface area is 192 Å². The van der Waals surface area contributed by atoms with Crippen molar-refractivity contribution in [1.29, 1.82) is 0 Å². The normalized spacial score (nSPS) is 14.6. The smallest absolute Gasteiger partial charge is 0.290 e. The number of amides is 2. The summed E-state index contributed by atoms with van der Waals surface area (Å²) in [6.45, 7) is 0.0633. The second-order valence-corrected chi connectivity index (χ2v) is 8.18. The van der Waals surface area contributed by atoms with Crippen LogP contribution in [-0.4, -0.2) is 29.9 Å². The van der Waals surface area contributed by atoms with Crippen molar-refractivity contribution in [3.05, 3.63) is 89.6 Å². The number of methoxy groups -OCH3 is 1. The highest BCUT2D eigenvalue weighted by atomic mass is 19.1. The van der Waals surface area contributed by atoms with Crippen molar-refractivity contribution in [2.45, 2.75) is 44.3 Å². The maximum atomic E-state index is 15.0. The predicted molar refractivity (Wildman–Crippen MR) is 121 cm³/mol. The Bertz CT molecular complexity index is 1090. The number of benzene rings is 2. The summed E-state index contributed by atoms with van der Waals surface area (Å²) in [7, 11) is 1.56. The summed E-state index contributed by atoms with van der Waals surface area (Å²) in [5.74, 6) is -0.761. The van der Waals surface area contributed by atoms with Crippen molar-refractivity contribution in [2.75, 3.05) is 7.11 Å². The van der Waals surface area contributed by atoms with E-state index in [0.29, 0.717) is 5.75 Å². The topological polar surface area (TPSA) is 71.8 Å². The molecule has 1 saturated carbocycles. The first-order valence-electron chi connectivity index (χ1n) is 11.1. The van der Waals surface area contributed by atoms with E-state index in [0.717, 1.165) is 31.2 Å². The molecule has 0 bridgehead atoms. The fourth-order valence-electron chi connectivity index (χ4n) is 4.29. The number of rotatable bonds is 8. The molecule has 0 aliphatic heterocycles. The molecule has 33 heavy (non-hydrogen) atoms. The van der Waals surface area contributed by atoms with Crippen LogP contribution in [0.4, 0.5) is 4.39 Å². The number of hydrogen-bond acceptors (Lipinski definition) is 4. The number of nitrogens with zero attached hydrogens (tertiary/aromatic N) is 1. The van der Waals surface area contributed by atoms with E-state index in [1.165, 1.54) is 23.3 Å². The lowest BCUT2D eigenvalue weighted by atomic mass is 10.0. The molecular weight excluding hydrogens is 423 g/mol. The zero-order chi connectivity index (χ0) is 23.2. The number of halogens is 1. The lowest BCUT2D eigenvalue weighted by Crippen LogP contribution is -2.46. The minimum absolute atomic E-state index is 0.0177. The van der Waals surface area contributed by atoms with Crippen LogP contribution in [0.2, 0.25) is 0 Å². The zero-order valence-electron chi connectivity index (χ0n) is 18.5. The summed E-state index contributed by atoms with van der Waals surface area (Å²) in [5, 5.41) is 3.04. The standard InChI is InChI=1S/C26H27FN2O4/c1-32-20-11-6-8-18(16-20)17-29(26(31)23-14-7-15-33-23)24(21-12-4-5-13-22(21)27)25(30)28-19-9-2-3-10-19/h4-8,11-16,19,24H,2-3,9-10,17H2,1H3,(H,28,30)/t24-/m1/s1. The molecule has 3 aromatic rings. The SMILES string of the molecule is COc1cccc(CN(C(=O)c2ccco2)[C@@H](C(=O)NC2CCCC2)c2ccccc2F)c1. The molecule has 1 aliphatic rings. The van der Waals surface area contributed by atoms with Crippen molar-refractivity contribution in [3.8, 4) is 5.75 Å². The third-order valence-electron chi connectivity index (χ3n) is 5.94. The summed E-state index contributed by atoms with van der Waals surface area (Å²) in [6, 6.07) is 15.3. The summed E-state index contributed by atoms with van der Waals surface area (Å²) < 4.78 is 25.6. The Kier molecular flexibility index (Phi) is 7.07. The molecule has 1 aliphatic carbocycles. The predicted octanol–water partition coefficient (Wildman–Crippen LogP) is 4.87. The van der Waals surface area contributed by atoms with Gasteiger partial charge in [0.25, 0.3) is 5.91 Å². The van der Waals surface area contributed by atoms with Gasteiger partial charge in [-0.05, 0) is 48.7 Å². The average molecular weight is 451 g/mol. The molecule has 0 unspecified atom stereocenters. The Morgan fingerprint density at radius 3 is 2.61 bits per heavy atom. The molecule has 172 valence electrons. The van der Waals surface area contributed by atoms with Crippen molar-refractivity contribution in [2.24, 2.45) is 0 Å². The number of ether oxygens (including phenoxy) is 1. The molecule has 1 fully saturated rings. The van der Waals surface area contributed by atoms with Gasteiger partial charge >= 0.3 is 0 Å². The highest BCUT2D eigenvalue weighted by Crippen LogP contribution is 2.29. The van der Waals surface area contributed by atoms with Gasteiger partial charge in [-0.15, -0.1) is 0 Å². The van der Waals surface area contributed by atoms with E-state index in [9.17, 15) is 14.0 Å². The molecule has 0 spiro atoms. The Hall–Kier alpha value is -3.61. The molecule has 0 saturated heterocycles. The van der Waals surface area contributed by atoms with Crippen LogP contribution in [0.5, 0.6) is 5.75 Å². The zero-order valence-corrected chi connectivity index (χ0v) is 18.5.